The Labute approximate surface area is 147 Å². The monoisotopic (exact) mass is 447 g/mol. The fraction of sp³-hybridized carbons (Fsp3) is 1.00. The van der Waals surface area contributed by atoms with Crippen molar-refractivity contribution >= 4 is 142 Å². The first-order valence-corrected chi connectivity index (χ1v) is 3.65. The van der Waals surface area contributed by atoms with E-state index < -0.39 is 7.59 Å². The summed E-state index contributed by atoms with van der Waals surface area (Å²) in [5.74, 6) is 0. The molecular weight excluding hydrogens is 443 g/mol. The van der Waals surface area contributed by atoms with Gasteiger partial charge in [0.15, 0.2) is 0 Å². The van der Waals surface area contributed by atoms with Crippen LogP contribution in [0.4, 0.5) is 0 Å². The molecule has 0 aliphatic rings. The van der Waals surface area contributed by atoms with E-state index in [2.05, 4.69) is 0 Å². The van der Waals surface area contributed by atoms with Crippen molar-refractivity contribution in [3.63, 3.8) is 0 Å². The quantitative estimate of drug-likeness (QED) is 0.394. The van der Waals surface area contributed by atoms with Crippen LogP contribution in [-0.4, -0.2) is 42.5 Å². The van der Waals surface area contributed by atoms with Crippen LogP contribution in [0.2, 0.25) is 0 Å². The van der Waals surface area contributed by atoms with Crippen molar-refractivity contribution in [1.29, 1.82) is 0 Å². The normalized spacial score (nSPS) is 8.77. The second-order valence-electron chi connectivity index (χ2n) is 0.996. The summed E-state index contributed by atoms with van der Waals surface area (Å²) in [7, 11) is 0. The van der Waals surface area contributed by atoms with Gasteiger partial charge < -0.3 is 0 Å². The van der Waals surface area contributed by atoms with Gasteiger partial charge in [0, 0.05) is 17.4 Å². The van der Waals surface area contributed by atoms with Crippen LogP contribution in [0.25, 0.3) is 0 Å². The molecule has 3 radical (unpaired) electrons. The Morgan fingerprint density at radius 3 is 0.615 bits per heavy atom. The van der Waals surface area contributed by atoms with E-state index in [-0.39, 0.29) is 72.2 Å². The molecule has 0 saturated heterocycles. The summed E-state index contributed by atoms with van der Waals surface area (Å²) < 4.78 is -3.70. The van der Waals surface area contributed by atoms with Gasteiger partial charge in [0.1, 0.15) is 0 Å². The molecule has 0 rings (SSSR count). The average molecular weight is 450 g/mol. The third kappa shape index (κ3) is 18.3. The zero-order valence-corrected chi connectivity index (χ0v) is 13.2. The zero-order valence-electron chi connectivity index (χ0n) is 5.07. The summed E-state index contributed by atoms with van der Waals surface area (Å²) in [4.78, 5) is 0. The number of hydrogen-bond donors (Lipinski definition) is 0. The van der Waals surface area contributed by atoms with Crippen molar-refractivity contribution in [2.75, 3.05) is 0 Å². The van der Waals surface area contributed by atoms with Crippen molar-refractivity contribution in [1.82, 2.24) is 0 Å². The molecule has 0 bridgehead atoms. The topological polar surface area (TPSA) is 0 Å². The number of alkyl halides is 6. The van der Waals surface area contributed by atoms with Gasteiger partial charge in [0.25, 0.3) is 0 Å². The van der Waals surface area contributed by atoms with Crippen LogP contribution in [0.1, 0.15) is 0 Å². The first-order chi connectivity index (χ1) is 3.25. The molecule has 13 heavy (non-hydrogen) atoms. The van der Waals surface area contributed by atoms with Crippen molar-refractivity contribution in [2.24, 2.45) is 0 Å². The van der Waals surface area contributed by atoms with Gasteiger partial charge in [-0.1, -0.05) is 69.6 Å². The van der Waals surface area contributed by atoms with Crippen LogP contribution in [0, 0.1) is 0 Å². The van der Waals surface area contributed by atoms with E-state index in [0.717, 1.165) is 0 Å². The molecule has 0 aliphatic heterocycles. The van der Waals surface area contributed by atoms with Crippen LogP contribution < -0.4 is 0 Å². The van der Waals surface area contributed by atoms with Crippen molar-refractivity contribution in [3.8, 4) is 0 Å². The molecule has 0 N–H and O–H groups in total. The predicted molar refractivity (Wildman–Crippen MR) is 79.4 cm³/mol. The van der Waals surface area contributed by atoms with Gasteiger partial charge in [-0.05, 0) is 0 Å². The van der Waals surface area contributed by atoms with Gasteiger partial charge in [-0.2, -0.15) is 0 Å². The first kappa shape index (κ1) is 36.0. The third-order valence-electron chi connectivity index (χ3n) is 0.321. The fourth-order valence-corrected chi connectivity index (χ4v) is 0. The molecule has 0 spiro atoms. The van der Waals surface area contributed by atoms with Gasteiger partial charge in [-0.25, -0.2) is 0 Å². The molecule has 0 heterocycles. The first-order valence-electron chi connectivity index (χ1n) is 1.38. The van der Waals surface area contributed by atoms with Gasteiger partial charge in [-0.15, -0.1) is 37.2 Å². The Hall–Kier alpha value is 3.69. The van der Waals surface area contributed by atoms with Crippen molar-refractivity contribution < 1.29 is 0 Å². The Bertz CT molecular complexity index is 72.6. The van der Waals surface area contributed by atoms with E-state index in [1.807, 2.05) is 0 Å². The van der Waals surface area contributed by atoms with Crippen LogP contribution in [0.15, 0.2) is 0 Å². The summed E-state index contributed by atoms with van der Waals surface area (Å²) in [6.45, 7) is 0. The second kappa shape index (κ2) is 13.7. The molecule has 0 saturated carbocycles. The minimum atomic E-state index is -1.85. The van der Waals surface area contributed by atoms with E-state index in [0.29, 0.717) is 0 Å². The second-order valence-corrected chi connectivity index (χ2v) is 5.56. The van der Waals surface area contributed by atoms with Gasteiger partial charge in [0.05, 0.1) is 0 Å². The Kier molecular flexibility index (Phi) is 38.0. The number of halogens is 9. The molecule has 0 fully saturated rings. The molecular formula is C2H7AlCl9Ge. The van der Waals surface area contributed by atoms with Gasteiger partial charge in [-0.3, -0.25) is 0 Å². The standard InChI is InChI=1S/C2Cl6.Al.3ClH.GeH4/c3-1(4,5)2(6,7)8;;;;;/h;;3*1H;1H4. The molecule has 85 valence electrons. The van der Waals surface area contributed by atoms with Crippen molar-refractivity contribution in [2.45, 2.75) is 7.59 Å². The summed E-state index contributed by atoms with van der Waals surface area (Å²) in [5, 5.41) is 0. The molecule has 0 atom stereocenters. The fourth-order valence-electron chi connectivity index (χ4n) is 0. The summed E-state index contributed by atoms with van der Waals surface area (Å²) in [6.07, 6.45) is 0. The molecule has 0 nitrogen and oxygen atoms in total. The van der Waals surface area contributed by atoms with E-state index in [4.69, 9.17) is 69.6 Å². The molecule has 0 unspecified atom stereocenters. The Morgan fingerprint density at radius 2 is 0.615 bits per heavy atom. The Balaban J connectivity index is -0.0000000245. The zero-order chi connectivity index (χ0) is 7.00. The molecule has 11 heteroatoms. The van der Waals surface area contributed by atoms with Crippen LogP contribution >= 0.6 is 107 Å². The molecule has 0 amide bonds. The van der Waals surface area contributed by atoms with E-state index >= 15 is 0 Å². The maximum absolute atomic E-state index is 5.14. The molecule has 0 aromatic carbocycles. The SMILES string of the molecule is Cl.Cl.Cl.ClC(Cl)(Cl)C(Cl)(Cl)Cl.[Al].[GeH4]. The molecule has 0 aromatic heterocycles. The van der Waals surface area contributed by atoms with E-state index in [9.17, 15) is 0 Å². The van der Waals surface area contributed by atoms with Crippen LogP contribution in [-0.2, 0) is 0 Å². The number of hydrogen-bond acceptors (Lipinski definition) is 0. The summed E-state index contributed by atoms with van der Waals surface area (Å²) in [6, 6.07) is 0. The molecule has 0 aromatic rings. The maximum atomic E-state index is 5.14. The van der Waals surface area contributed by atoms with Crippen molar-refractivity contribution in [3.05, 3.63) is 0 Å². The Morgan fingerprint density at radius 1 is 0.538 bits per heavy atom. The summed E-state index contributed by atoms with van der Waals surface area (Å²) >= 11 is 30.9. The average Bonchev–Trinajstić information content (AvgIpc) is 1.25. The molecule has 0 aliphatic carbocycles. The van der Waals surface area contributed by atoms with E-state index in [1.165, 1.54) is 0 Å². The van der Waals surface area contributed by atoms with Crippen LogP contribution in [0.5, 0.6) is 0 Å². The summed E-state index contributed by atoms with van der Waals surface area (Å²) in [5.41, 5.74) is 0. The van der Waals surface area contributed by atoms with Gasteiger partial charge in [0.2, 0.25) is 7.59 Å². The van der Waals surface area contributed by atoms with E-state index in [1.54, 1.807) is 0 Å². The number of rotatable bonds is 0. The van der Waals surface area contributed by atoms with Gasteiger partial charge >= 0.3 is 17.6 Å². The third-order valence-corrected chi connectivity index (χ3v) is 2.89. The van der Waals surface area contributed by atoms with Crippen LogP contribution in [0.3, 0.4) is 0 Å². The predicted octanol–water partition coefficient (Wildman–Crippen LogP) is 3.16. The minimum absolute atomic E-state index is 0.